The van der Waals surface area contributed by atoms with Crippen molar-refractivity contribution in [3.8, 4) is 0 Å². The van der Waals surface area contributed by atoms with Crippen LogP contribution < -0.4 is 0 Å². The van der Waals surface area contributed by atoms with E-state index in [-0.39, 0.29) is 6.10 Å². The Balaban J connectivity index is 2.40. The second-order valence-corrected chi connectivity index (χ2v) is 2.91. The van der Waals surface area contributed by atoms with Crippen molar-refractivity contribution in [3.05, 3.63) is 0 Å². The van der Waals surface area contributed by atoms with Crippen molar-refractivity contribution in [1.82, 2.24) is 0 Å². The maximum atomic E-state index is 9.30. The molecule has 4 heteroatoms. The van der Waals surface area contributed by atoms with E-state index >= 15 is 0 Å². The van der Waals surface area contributed by atoms with Crippen LogP contribution in [-0.2, 0) is 4.84 Å². The Hall–Kier alpha value is -0.610. The van der Waals surface area contributed by atoms with E-state index in [0.29, 0.717) is 6.42 Å². The van der Waals surface area contributed by atoms with E-state index in [9.17, 15) is 5.11 Å². The molecular weight excluding hydrogens is 146 g/mol. The molecule has 0 saturated heterocycles. The number of aliphatic hydroxyl groups is 2. The molecule has 64 valence electrons. The number of hydrogen-bond acceptors (Lipinski definition) is 4. The third-order valence-corrected chi connectivity index (χ3v) is 1.72. The number of rotatable bonds is 2. The molecule has 1 heterocycles. The van der Waals surface area contributed by atoms with Gasteiger partial charge < -0.3 is 15.1 Å². The van der Waals surface area contributed by atoms with E-state index in [1.54, 1.807) is 0 Å². The number of oxime groups is 1. The number of aliphatic hydroxyl groups excluding tert-OH is 2. The minimum Gasteiger partial charge on any atom is -0.391 e. The Morgan fingerprint density at radius 2 is 2.27 bits per heavy atom. The van der Waals surface area contributed by atoms with E-state index in [1.807, 2.05) is 6.92 Å². The molecule has 0 aromatic rings. The first-order chi connectivity index (χ1) is 5.11. The average molecular weight is 159 g/mol. The first-order valence-electron chi connectivity index (χ1n) is 3.66. The quantitative estimate of drug-likeness (QED) is 0.591. The molecule has 1 aliphatic heterocycles. The van der Waals surface area contributed by atoms with Gasteiger partial charge in [0.15, 0.2) is 6.10 Å². The fraction of sp³-hybridized carbons (Fsp3) is 0.857. The minimum absolute atomic E-state index is 0.366. The smallest absolute Gasteiger partial charge is 0.161 e. The highest BCUT2D eigenvalue weighted by molar-refractivity contribution is 5.82. The summed E-state index contributed by atoms with van der Waals surface area (Å²) in [5, 5.41) is 21.9. The van der Waals surface area contributed by atoms with Crippen molar-refractivity contribution >= 4 is 5.71 Å². The molecule has 0 amide bonds. The second kappa shape index (κ2) is 3.19. The molecule has 0 fully saturated rings. The fourth-order valence-corrected chi connectivity index (χ4v) is 1.02. The summed E-state index contributed by atoms with van der Waals surface area (Å²) in [7, 11) is 0. The lowest BCUT2D eigenvalue weighted by Crippen LogP contribution is -2.35. The first kappa shape index (κ1) is 8.49. The zero-order valence-electron chi connectivity index (χ0n) is 6.69. The Morgan fingerprint density at radius 3 is 2.64 bits per heavy atom. The second-order valence-electron chi connectivity index (χ2n) is 2.91. The first-order valence-corrected chi connectivity index (χ1v) is 3.66. The molecule has 0 radical (unpaired) electrons. The molecule has 0 saturated carbocycles. The maximum Gasteiger partial charge on any atom is 0.161 e. The van der Waals surface area contributed by atoms with Crippen LogP contribution >= 0.6 is 0 Å². The van der Waals surface area contributed by atoms with Crippen molar-refractivity contribution in [3.63, 3.8) is 0 Å². The van der Waals surface area contributed by atoms with Crippen molar-refractivity contribution in [2.24, 2.45) is 5.16 Å². The molecule has 2 N–H and O–H groups in total. The van der Waals surface area contributed by atoms with E-state index in [0.717, 1.165) is 5.71 Å². The van der Waals surface area contributed by atoms with E-state index < -0.39 is 12.2 Å². The molecule has 0 aromatic heterocycles. The monoisotopic (exact) mass is 159 g/mol. The summed E-state index contributed by atoms with van der Waals surface area (Å²) < 4.78 is 0. The Kier molecular flexibility index (Phi) is 2.46. The highest BCUT2D eigenvalue weighted by Gasteiger charge is 2.29. The van der Waals surface area contributed by atoms with Gasteiger partial charge in [0.2, 0.25) is 0 Å². The van der Waals surface area contributed by atoms with Gasteiger partial charge in [-0.15, -0.1) is 0 Å². The fourth-order valence-electron chi connectivity index (χ4n) is 1.02. The third kappa shape index (κ3) is 1.91. The zero-order chi connectivity index (χ0) is 8.43. The van der Waals surface area contributed by atoms with E-state index in [2.05, 4.69) is 5.16 Å². The summed E-state index contributed by atoms with van der Waals surface area (Å²) in [6.45, 7) is 3.36. The zero-order valence-corrected chi connectivity index (χ0v) is 6.69. The summed E-state index contributed by atoms with van der Waals surface area (Å²) in [4.78, 5) is 4.87. The van der Waals surface area contributed by atoms with Crippen LogP contribution in [0, 0.1) is 0 Å². The highest BCUT2D eigenvalue weighted by atomic mass is 16.7. The molecule has 0 aliphatic carbocycles. The van der Waals surface area contributed by atoms with Crippen molar-refractivity contribution in [2.45, 2.75) is 38.6 Å². The third-order valence-electron chi connectivity index (χ3n) is 1.72. The lowest BCUT2D eigenvalue weighted by Gasteiger charge is -2.18. The molecule has 4 nitrogen and oxygen atoms in total. The lowest BCUT2D eigenvalue weighted by molar-refractivity contribution is -0.0708. The van der Waals surface area contributed by atoms with Crippen molar-refractivity contribution in [1.29, 1.82) is 0 Å². The van der Waals surface area contributed by atoms with Gasteiger partial charge in [0, 0.05) is 6.42 Å². The molecule has 3 atom stereocenters. The van der Waals surface area contributed by atoms with Crippen LogP contribution in [0.1, 0.15) is 20.3 Å². The minimum atomic E-state index is -0.837. The van der Waals surface area contributed by atoms with Gasteiger partial charge >= 0.3 is 0 Å². The molecular formula is C7H13NO3. The summed E-state index contributed by atoms with van der Waals surface area (Å²) in [5.74, 6) is 0. The van der Waals surface area contributed by atoms with Gasteiger partial charge in [0.1, 0.15) is 6.10 Å². The van der Waals surface area contributed by atoms with Crippen LogP contribution in [0.25, 0.3) is 0 Å². The van der Waals surface area contributed by atoms with Gasteiger partial charge in [-0.25, -0.2) is 0 Å². The standard InChI is InChI=1S/C7H13NO3/c1-4-3-6(11-8-4)7(10)5(2)9/h5-7,9-10H,3H2,1-2H3/t5-,6+,7-/m0/s1. The predicted octanol–water partition coefficient (Wildman–Crippen LogP) is -0.107. The molecule has 1 aliphatic rings. The summed E-state index contributed by atoms with van der Waals surface area (Å²) in [6, 6.07) is 0. The predicted molar refractivity (Wildman–Crippen MR) is 40.3 cm³/mol. The number of hydrogen-bond donors (Lipinski definition) is 2. The molecule has 1 rings (SSSR count). The van der Waals surface area contributed by atoms with E-state index in [4.69, 9.17) is 9.94 Å². The summed E-state index contributed by atoms with van der Waals surface area (Å²) in [5.41, 5.74) is 0.856. The Labute approximate surface area is 65.5 Å². The molecule has 0 bridgehead atoms. The Morgan fingerprint density at radius 1 is 1.64 bits per heavy atom. The molecule has 0 unspecified atom stereocenters. The van der Waals surface area contributed by atoms with Crippen molar-refractivity contribution in [2.75, 3.05) is 0 Å². The van der Waals surface area contributed by atoms with Crippen LogP contribution in [0.2, 0.25) is 0 Å². The van der Waals surface area contributed by atoms with E-state index in [1.165, 1.54) is 6.92 Å². The average Bonchev–Trinajstić information content (AvgIpc) is 2.34. The van der Waals surface area contributed by atoms with Crippen LogP contribution in [0.15, 0.2) is 5.16 Å². The Bertz CT molecular complexity index is 167. The largest absolute Gasteiger partial charge is 0.391 e. The summed E-state index contributed by atoms with van der Waals surface area (Å²) in [6.07, 6.45) is -1.36. The molecule has 11 heavy (non-hydrogen) atoms. The SMILES string of the molecule is CC1=NO[C@@H]([C@@H](O)[C@H](C)O)C1. The van der Waals surface area contributed by atoms with Crippen LogP contribution in [0.4, 0.5) is 0 Å². The number of nitrogens with zero attached hydrogens (tertiary/aromatic N) is 1. The van der Waals surface area contributed by atoms with Gasteiger partial charge in [-0.3, -0.25) is 0 Å². The summed E-state index contributed by atoms with van der Waals surface area (Å²) >= 11 is 0. The lowest BCUT2D eigenvalue weighted by atomic mass is 10.1. The van der Waals surface area contributed by atoms with Crippen LogP contribution in [0.3, 0.4) is 0 Å². The van der Waals surface area contributed by atoms with Gasteiger partial charge in [0.05, 0.1) is 11.8 Å². The molecule has 0 aromatic carbocycles. The van der Waals surface area contributed by atoms with Gasteiger partial charge in [-0.05, 0) is 13.8 Å². The van der Waals surface area contributed by atoms with Crippen LogP contribution in [0.5, 0.6) is 0 Å². The van der Waals surface area contributed by atoms with Gasteiger partial charge in [-0.2, -0.15) is 0 Å². The molecule has 0 spiro atoms. The topological polar surface area (TPSA) is 62.0 Å². The maximum absolute atomic E-state index is 9.30. The van der Waals surface area contributed by atoms with Crippen molar-refractivity contribution < 1.29 is 15.1 Å². The normalized spacial score (nSPS) is 29.1. The highest BCUT2D eigenvalue weighted by Crippen LogP contribution is 2.15. The van der Waals surface area contributed by atoms with Gasteiger partial charge in [-0.1, -0.05) is 5.16 Å². The van der Waals surface area contributed by atoms with Gasteiger partial charge in [0.25, 0.3) is 0 Å². The van der Waals surface area contributed by atoms with Crippen LogP contribution in [-0.4, -0.2) is 34.2 Å².